The molecule has 0 spiro atoms. The number of nitrogens with zero attached hydrogens (tertiary/aromatic N) is 3. The van der Waals surface area contributed by atoms with E-state index < -0.39 is 0 Å². The van der Waals surface area contributed by atoms with Crippen LogP contribution >= 0.6 is 20.2 Å². The van der Waals surface area contributed by atoms with Gasteiger partial charge in [-0.25, -0.2) is 18.8 Å². The van der Waals surface area contributed by atoms with Crippen LogP contribution in [0.4, 0.5) is 20.2 Å². The summed E-state index contributed by atoms with van der Waals surface area (Å²) in [7, 11) is 11.4. The number of hydrogen-bond acceptors (Lipinski definition) is 2. The standard InChI is InChI=1S/C21H19F2N3.2ClH.Fe/c1-14(24-18-10-6-4-8-16(18)22)20-12-13-21(26(20)3)15(2)25-19-11-7-5-9-17(19)23;;;/h4-13H,1-3H3;2*1H;/q;;;+2/p-2. The monoisotopic (exact) mass is 477 g/mol. The summed E-state index contributed by atoms with van der Waals surface area (Å²) in [6.07, 6.45) is 0. The van der Waals surface area contributed by atoms with Crippen LogP contribution in [-0.4, -0.2) is 16.0 Å². The first-order valence-electron chi connectivity index (χ1n) is 8.50. The second kappa shape index (κ2) is 11.3. The van der Waals surface area contributed by atoms with E-state index in [1.54, 1.807) is 36.4 Å². The van der Waals surface area contributed by atoms with Crippen LogP contribution in [0.25, 0.3) is 0 Å². The van der Waals surface area contributed by atoms with E-state index in [0.717, 1.165) is 11.4 Å². The van der Waals surface area contributed by atoms with Crippen LogP contribution in [0.3, 0.4) is 0 Å². The molecule has 0 unspecified atom stereocenters. The first kappa shape index (κ1) is 23.3. The molecule has 0 saturated heterocycles. The molecular formula is C21H19Cl2F2FeN3. The van der Waals surface area contributed by atoms with Crippen LogP contribution in [0.5, 0.6) is 0 Å². The van der Waals surface area contributed by atoms with Crippen molar-refractivity contribution in [3.8, 4) is 0 Å². The first-order chi connectivity index (χ1) is 13.9. The van der Waals surface area contributed by atoms with Gasteiger partial charge in [-0.1, -0.05) is 24.3 Å². The fourth-order valence-corrected chi connectivity index (χ4v) is 2.80. The molecule has 3 rings (SSSR count). The van der Waals surface area contributed by atoms with E-state index in [1.165, 1.54) is 12.1 Å². The Morgan fingerprint density at radius 3 is 1.45 bits per heavy atom. The Balaban J connectivity index is 0.000000941. The maximum absolute atomic E-state index is 13.8. The van der Waals surface area contributed by atoms with Gasteiger partial charge >= 0.3 is 33.3 Å². The van der Waals surface area contributed by atoms with Crippen LogP contribution in [0.2, 0.25) is 0 Å². The summed E-state index contributed by atoms with van der Waals surface area (Å²) < 4.78 is 29.5. The molecule has 8 heteroatoms. The van der Waals surface area contributed by atoms with Crippen molar-refractivity contribution in [2.24, 2.45) is 17.0 Å². The molecule has 0 bridgehead atoms. The number of rotatable bonds is 4. The van der Waals surface area contributed by atoms with Gasteiger partial charge in [0.15, 0.2) is 0 Å². The first-order valence-corrected chi connectivity index (χ1v) is 11.5. The van der Waals surface area contributed by atoms with Crippen molar-refractivity contribution >= 4 is 43.0 Å². The van der Waals surface area contributed by atoms with E-state index in [4.69, 9.17) is 20.2 Å². The number of hydrogen-bond donors (Lipinski definition) is 0. The zero-order valence-electron chi connectivity index (χ0n) is 16.0. The summed E-state index contributed by atoms with van der Waals surface area (Å²) in [6, 6.07) is 16.6. The zero-order chi connectivity index (χ0) is 21.4. The minimum atomic E-state index is -0.362. The van der Waals surface area contributed by atoms with Crippen molar-refractivity contribution in [3.05, 3.63) is 83.7 Å². The topological polar surface area (TPSA) is 29.6 Å². The Morgan fingerprint density at radius 1 is 0.759 bits per heavy atom. The third-order valence-corrected chi connectivity index (χ3v) is 4.14. The summed E-state index contributed by atoms with van der Waals surface area (Å²) in [6.45, 7) is 3.66. The Labute approximate surface area is 183 Å². The molecule has 29 heavy (non-hydrogen) atoms. The van der Waals surface area contributed by atoms with Gasteiger partial charge in [0.1, 0.15) is 11.6 Å². The Morgan fingerprint density at radius 2 is 1.10 bits per heavy atom. The molecular weight excluding hydrogens is 459 g/mol. The molecule has 1 aromatic heterocycles. The zero-order valence-corrected chi connectivity index (χ0v) is 18.6. The number of aliphatic imine (C=N–C) groups is 2. The molecule has 0 radical (unpaired) electrons. The average Bonchev–Trinajstić information content (AvgIpc) is 3.08. The van der Waals surface area contributed by atoms with E-state index in [1.807, 2.05) is 37.6 Å². The molecule has 3 aromatic rings. The summed E-state index contributed by atoms with van der Waals surface area (Å²) in [5.41, 5.74) is 3.64. The normalized spacial score (nSPS) is 12.0. The van der Waals surface area contributed by atoms with Crippen molar-refractivity contribution in [2.75, 3.05) is 0 Å². The maximum atomic E-state index is 13.8. The van der Waals surface area contributed by atoms with Gasteiger partial charge in [0.2, 0.25) is 0 Å². The van der Waals surface area contributed by atoms with Gasteiger partial charge < -0.3 is 4.57 Å². The number of aromatic nitrogens is 1. The average molecular weight is 478 g/mol. The molecule has 0 amide bonds. The van der Waals surface area contributed by atoms with E-state index in [2.05, 4.69) is 9.98 Å². The fourth-order valence-electron chi connectivity index (χ4n) is 2.80. The van der Waals surface area contributed by atoms with Gasteiger partial charge in [-0.15, -0.1) is 0 Å². The van der Waals surface area contributed by atoms with E-state index >= 15 is 0 Å². The van der Waals surface area contributed by atoms with E-state index in [9.17, 15) is 8.78 Å². The van der Waals surface area contributed by atoms with Crippen LogP contribution in [0.1, 0.15) is 25.2 Å². The number of para-hydroxylation sites is 2. The van der Waals surface area contributed by atoms with E-state index in [-0.39, 0.29) is 24.8 Å². The van der Waals surface area contributed by atoms with Crippen LogP contribution < -0.4 is 0 Å². The molecule has 0 aliphatic carbocycles. The molecule has 0 fully saturated rings. The van der Waals surface area contributed by atoms with Gasteiger partial charge in [0.25, 0.3) is 0 Å². The molecule has 0 aliphatic heterocycles. The molecule has 0 atom stereocenters. The predicted octanol–water partition coefficient (Wildman–Crippen LogP) is 6.96. The van der Waals surface area contributed by atoms with Crippen molar-refractivity contribution < 1.29 is 21.9 Å². The summed E-state index contributed by atoms with van der Waals surface area (Å²) in [5.74, 6) is -0.725. The minimum absolute atomic E-state index is 0.194. The van der Waals surface area contributed by atoms with Gasteiger partial charge in [-0.3, -0.25) is 0 Å². The van der Waals surface area contributed by atoms with Gasteiger partial charge in [0.05, 0.1) is 34.2 Å². The van der Waals surface area contributed by atoms with E-state index in [0.29, 0.717) is 22.8 Å². The molecule has 3 nitrogen and oxygen atoms in total. The van der Waals surface area contributed by atoms with Crippen LogP contribution in [0, 0.1) is 11.6 Å². The van der Waals surface area contributed by atoms with Crippen molar-refractivity contribution in [1.82, 2.24) is 4.57 Å². The van der Waals surface area contributed by atoms with Gasteiger partial charge in [0, 0.05) is 7.05 Å². The van der Waals surface area contributed by atoms with Crippen molar-refractivity contribution in [1.29, 1.82) is 0 Å². The fraction of sp³-hybridized carbons (Fsp3) is 0.143. The second-order valence-electron chi connectivity index (χ2n) is 6.01. The van der Waals surface area contributed by atoms with Crippen LogP contribution in [-0.2, 0) is 20.2 Å². The van der Waals surface area contributed by atoms with Gasteiger partial charge in [-0.2, -0.15) is 0 Å². The summed E-state index contributed by atoms with van der Waals surface area (Å²) in [5, 5.41) is 0. The third-order valence-electron chi connectivity index (χ3n) is 4.14. The molecule has 0 saturated carbocycles. The number of benzene rings is 2. The SMILES string of the molecule is CC(=Nc1ccccc1F)c1ccc(C(C)=Nc2ccccc2F)n1C.[Cl][Fe][Cl]. The molecule has 1 heterocycles. The predicted molar refractivity (Wildman–Crippen MR) is 114 cm³/mol. The number of halogens is 4. The van der Waals surface area contributed by atoms with Crippen molar-refractivity contribution in [3.63, 3.8) is 0 Å². The third kappa shape index (κ3) is 6.25. The second-order valence-corrected chi connectivity index (χ2v) is 7.83. The molecule has 154 valence electrons. The van der Waals surface area contributed by atoms with Crippen LogP contribution in [0.15, 0.2) is 70.6 Å². The Bertz CT molecular complexity index is 953. The summed E-state index contributed by atoms with van der Waals surface area (Å²) in [4.78, 5) is 8.76. The molecule has 2 aromatic carbocycles. The Hall–Kier alpha value is -1.98. The quantitative estimate of drug-likeness (QED) is 0.287. The Kier molecular flexibility index (Phi) is 9.05. The van der Waals surface area contributed by atoms with Gasteiger partial charge in [-0.05, 0) is 50.2 Å². The molecule has 0 N–H and O–H groups in total. The van der Waals surface area contributed by atoms with Crippen molar-refractivity contribution in [2.45, 2.75) is 13.8 Å². The summed E-state index contributed by atoms with van der Waals surface area (Å²) >= 11 is 0.194. The molecule has 0 aliphatic rings.